The van der Waals surface area contributed by atoms with Gasteiger partial charge in [-0.15, -0.1) is 0 Å². The van der Waals surface area contributed by atoms with Crippen molar-refractivity contribution in [3.63, 3.8) is 0 Å². The van der Waals surface area contributed by atoms with E-state index in [0.717, 1.165) is 6.42 Å². The number of nitriles is 1. The van der Waals surface area contributed by atoms with Crippen molar-refractivity contribution in [3.8, 4) is 6.07 Å². The molecule has 1 heterocycles. The number of hydrogen-bond donors (Lipinski definition) is 2. The van der Waals surface area contributed by atoms with Crippen LogP contribution in [0.25, 0.3) is 0 Å². The lowest BCUT2D eigenvalue weighted by molar-refractivity contribution is -0.145. The molecule has 2 aliphatic carbocycles. The van der Waals surface area contributed by atoms with Crippen LogP contribution in [0.2, 0.25) is 0 Å². The van der Waals surface area contributed by atoms with E-state index in [1.165, 1.54) is 4.90 Å². The highest BCUT2D eigenvalue weighted by atomic mass is 19.3. The van der Waals surface area contributed by atoms with E-state index in [0.29, 0.717) is 52.3 Å². The zero-order valence-electron chi connectivity index (χ0n) is 17.3. The number of nitrogens with zero attached hydrogens (tertiary/aromatic N) is 2. The van der Waals surface area contributed by atoms with Crippen LogP contribution in [0.3, 0.4) is 0 Å². The Labute approximate surface area is 174 Å². The van der Waals surface area contributed by atoms with Crippen LogP contribution in [-0.4, -0.2) is 60.0 Å². The number of urea groups is 1. The van der Waals surface area contributed by atoms with Gasteiger partial charge in [-0.1, -0.05) is 0 Å². The minimum absolute atomic E-state index is 0.137. The van der Waals surface area contributed by atoms with E-state index in [9.17, 15) is 23.2 Å². The van der Waals surface area contributed by atoms with Crippen LogP contribution < -0.4 is 10.6 Å². The first kappa shape index (κ1) is 22.2. The first-order valence-electron chi connectivity index (χ1n) is 10.4. The van der Waals surface area contributed by atoms with E-state index in [1.807, 2.05) is 6.07 Å². The van der Waals surface area contributed by atoms with Crippen LogP contribution in [0.1, 0.15) is 52.4 Å². The molecule has 1 unspecified atom stereocenters. The van der Waals surface area contributed by atoms with E-state index < -0.39 is 35.9 Å². The summed E-state index contributed by atoms with van der Waals surface area (Å²) in [4.78, 5) is 38.5. The van der Waals surface area contributed by atoms with Crippen LogP contribution in [0, 0.1) is 22.7 Å². The quantitative estimate of drug-likeness (QED) is 0.605. The predicted molar refractivity (Wildman–Crippen MR) is 101 cm³/mol. The summed E-state index contributed by atoms with van der Waals surface area (Å²) < 4.78 is 32.3. The molecule has 3 amide bonds. The number of hydrogen-bond acceptors (Lipinski definition) is 5. The summed E-state index contributed by atoms with van der Waals surface area (Å²) >= 11 is 0. The Morgan fingerprint density at radius 3 is 2.40 bits per heavy atom. The normalized spacial score (nSPS) is 24.4. The molecule has 0 aromatic carbocycles. The van der Waals surface area contributed by atoms with Crippen molar-refractivity contribution in [2.24, 2.45) is 11.3 Å². The molecule has 1 spiro atoms. The first-order chi connectivity index (χ1) is 14.0. The molecule has 2 atom stereocenters. The summed E-state index contributed by atoms with van der Waals surface area (Å²) in [6.45, 7) is 3.53. The fraction of sp³-hybridized carbons (Fsp3) is 0.800. The van der Waals surface area contributed by atoms with Gasteiger partial charge in [0.25, 0.3) is 0 Å². The number of amides is 3. The number of carbonyl (C=O) groups is 3. The van der Waals surface area contributed by atoms with Gasteiger partial charge in [-0.25, -0.2) is 13.6 Å². The van der Waals surface area contributed by atoms with Gasteiger partial charge in [0.15, 0.2) is 0 Å². The van der Waals surface area contributed by atoms with Crippen LogP contribution in [0.15, 0.2) is 0 Å². The Balaban J connectivity index is 1.55. The SMILES string of the molecule is CCOC(=O)C1CC12CCN(C(=O)N[C@@H](CC(C)(F)F)C(=O)NC1(C#N)CC1)CC2. The van der Waals surface area contributed by atoms with E-state index >= 15 is 0 Å². The summed E-state index contributed by atoms with van der Waals surface area (Å²) in [5.74, 6) is -4.28. The molecule has 1 saturated heterocycles. The molecule has 0 aromatic rings. The zero-order valence-corrected chi connectivity index (χ0v) is 17.3. The van der Waals surface area contributed by atoms with Gasteiger partial charge < -0.3 is 20.3 Å². The maximum absolute atomic E-state index is 13.6. The van der Waals surface area contributed by atoms with Crippen molar-refractivity contribution in [2.75, 3.05) is 19.7 Å². The van der Waals surface area contributed by atoms with E-state index in [2.05, 4.69) is 10.6 Å². The Hall–Kier alpha value is -2.44. The van der Waals surface area contributed by atoms with E-state index in [1.54, 1.807) is 6.92 Å². The second-order valence-corrected chi connectivity index (χ2v) is 8.82. The third-order valence-corrected chi connectivity index (χ3v) is 6.31. The summed E-state index contributed by atoms with van der Waals surface area (Å²) in [5.41, 5.74) is -1.14. The van der Waals surface area contributed by atoms with Gasteiger partial charge in [0.1, 0.15) is 11.6 Å². The fourth-order valence-corrected chi connectivity index (χ4v) is 4.15. The van der Waals surface area contributed by atoms with Crippen LogP contribution >= 0.6 is 0 Å². The van der Waals surface area contributed by atoms with Gasteiger partial charge in [0.05, 0.1) is 18.6 Å². The van der Waals surface area contributed by atoms with Gasteiger partial charge in [0, 0.05) is 19.5 Å². The van der Waals surface area contributed by atoms with Gasteiger partial charge in [0.2, 0.25) is 11.8 Å². The van der Waals surface area contributed by atoms with Crippen LogP contribution in [0.4, 0.5) is 13.6 Å². The largest absolute Gasteiger partial charge is 0.466 e. The molecule has 2 N–H and O–H groups in total. The van der Waals surface area contributed by atoms with Crippen molar-refractivity contribution in [2.45, 2.75) is 69.9 Å². The van der Waals surface area contributed by atoms with Gasteiger partial charge >= 0.3 is 12.0 Å². The summed E-state index contributed by atoms with van der Waals surface area (Å²) in [5, 5.41) is 14.0. The monoisotopic (exact) mass is 426 g/mol. The number of rotatable bonds is 7. The number of likely N-dealkylation sites (tertiary alicyclic amines) is 1. The van der Waals surface area contributed by atoms with Crippen molar-refractivity contribution >= 4 is 17.9 Å². The van der Waals surface area contributed by atoms with Gasteiger partial charge in [-0.05, 0) is 51.4 Å². The summed E-state index contributed by atoms with van der Waals surface area (Å²) in [6, 6.07) is -0.0552. The smallest absolute Gasteiger partial charge is 0.318 e. The number of halogens is 2. The fourth-order valence-electron chi connectivity index (χ4n) is 4.15. The Morgan fingerprint density at radius 2 is 1.90 bits per heavy atom. The number of esters is 1. The van der Waals surface area contributed by atoms with Crippen molar-refractivity contribution < 1.29 is 27.9 Å². The zero-order chi connectivity index (χ0) is 22.2. The molecule has 166 valence electrons. The topological polar surface area (TPSA) is 112 Å². The Bertz CT molecular complexity index is 749. The average Bonchev–Trinajstić information content (AvgIpc) is 3.58. The highest BCUT2D eigenvalue weighted by Gasteiger charge is 2.59. The van der Waals surface area contributed by atoms with E-state index in [4.69, 9.17) is 10.00 Å². The number of nitrogens with one attached hydrogen (secondary N) is 2. The van der Waals surface area contributed by atoms with Crippen molar-refractivity contribution in [1.82, 2.24) is 15.5 Å². The highest BCUT2D eigenvalue weighted by Crippen LogP contribution is 2.59. The summed E-state index contributed by atoms with van der Waals surface area (Å²) in [6.07, 6.45) is 2.08. The van der Waals surface area contributed by atoms with Crippen molar-refractivity contribution in [1.29, 1.82) is 5.26 Å². The van der Waals surface area contributed by atoms with Gasteiger partial charge in [-0.2, -0.15) is 5.26 Å². The lowest BCUT2D eigenvalue weighted by Crippen LogP contribution is -2.55. The maximum Gasteiger partial charge on any atom is 0.318 e. The molecule has 0 radical (unpaired) electrons. The number of carbonyl (C=O) groups excluding carboxylic acids is 3. The average molecular weight is 426 g/mol. The maximum atomic E-state index is 13.6. The molecule has 3 rings (SSSR count). The minimum atomic E-state index is -3.16. The molecule has 8 nitrogen and oxygen atoms in total. The molecule has 0 bridgehead atoms. The molecule has 30 heavy (non-hydrogen) atoms. The van der Waals surface area contributed by atoms with Gasteiger partial charge in [-0.3, -0.25) is 9.59 Å². The molecular weight excluding hydrogens is 398 g/mol. The standard InChI is InChI=1S/C20H28F2N4O4/c1-3-30-16(28)13-10-19(13)6-8-26(9-7-19)17(29)24-14(11-18(2,21)22)15(27)25-20(12-23)4-5-20/h13-14H,3-11H2,1-2H3,(H,24,29)(H,25,27)/t13?,14-/m0/s1. The molecule has 3 aliphatic rings. The third kappa shape index (κ3) is 4.99. The second-order valence-electron chi connectivity index (χ2n) is 8.82. The molecular formula is C20H28F2N4O4. The molecule has 2 saturated carbocycles. The van der Waals surface area contributed by atoms with Crippen LogP contribution in [0.5, 0.6) is 0 Å². The third-order valence-electron chi connectivity index (χ3n) is 6.31. The number of alkyl halides is 2. The Morgan fingerprint density at radius 1 is 1.27 bits per heavy atom. The lowest BCUT2D eigenvalue weighted by atomic mass is 9.91. The molecule has 0 aromatic heterocycles. The number of ether oxygens (including phenoxy) is 1. The molecule has 10 heteroatoms. The number of piperidine rings is 1. The summed E-state index contributed by atoms with van der Waals surface area (Å²) in [7, 11) is 0. The Kier molecular flexibility index (Phi) is 5.94. The highest BCUT2D eigenvalue weighted by molar-refractivity contribution is 5.88. The molecule has 3 fully saturated rings. The predicted octanol–water partition coefficient (Wildman–Crippen LogP) is 1.95. The van der Waals surface area contributed by atoms with Crippen LogP contribution in [-0.2, 0) is 14.3 Å². The minimum Gasteiger partial charge on any atom is -0.466 e. The molecule has 1 aliphatic heterocycles. The lowest BCUT2D eigenvalue weighted by Gasteiger charge is -2.34. The second kappa shape index (κ2) is 8.00. The first-order valence-corrected chi connectivity index (χ1v) is 10.4. The van der Waals surface area contributed by atoms with E-state index in [-0.39, 0.29) is 17.3 Å². The van der Waals surface area contributed by atoms with Crippen molar-refractivity contribution in [3.05, 3.63) is 0 Å².